The summed E-state index contributed by atoms with van der Waals surface area (Å²) in [5.41, 5.74) is -0.499. The summed E-state index contributed by atoms with van der Waals surface area (Å²) in [7, 11) is 0. The Balaban J connectivity index is 1.75. The normalized spacial score (nSPS) is 20.5. The van der Waals surface area contributed by atoms with Crippen molar-refractivity contribution in [1.82, 2.24) is 15.2 Å². The third kappa shape index (κ3) is 2.80. The van der Waals surface area contributed by atoms with E-state index >= 15 is 0 Å². The monoisotopic (exact) mass is 330 g/mol. The number of nitrogens with one attached hydrogen (secondary N) is 2. The van der Waals surface area contributed by atoms with Gasteiger partial charge in [-0.05, 0) is 12.5 Å². The molecule has 1 aliphatic rings. The Morgan fingerprint density at radius 2 is 2.09 bits per heavy atom. The van der Waals surface area contributed by atoms with E-state index in [1.165, 1.54) is 11.3 Å². The van der Waals surface area contributed by atoms with Gasteiger partial charge in [0.15, 0.2) is 5.13 Å². The third-order valence-corrected chi connectivity index (χ3v) is 4.30. The first-order valence-electron chi connectivity index (χ1n) is 6.90. The molecule has 1 aliphatic heterocycles. The van der Waals surface area contributed by atoms with Crippen molar-refractivity contribution in [3.05, 3.63) is 47.5 Å². The van der Waals surface area contributed by atoms with Gasteiger partial charge in [-0.1, -0.05) is 30.3 Å². The zero-order valence-corrected chi connectivity index (χ0v) is 13.1. The summed E-state index contributed by atoms with van der Waals surface area (Å²) in [6.07, 6.45) is 1.56. The molecule has 23 heavy (non-hydrogen) atoms. The summed E-state index contributed by atoms with van der Waals surface area (Å²) in [4.78, 5) is 41.6. The van der Waals surface area contributed by atoms with Gasteiger partial charge >= 0.3 is 6.03 Å². The van der Waals surface area contributed by atoms with Crippen LogP contribution in [0.25, 0.3) is 0 Å². The molecule has 0 spiro atoms. The van der Waals surface area contributed by atoms with Gasteiger partial charge in [0, 0.05) is 11.6 Å². The van der Waals surface area contributed by atoms with Crippen LogP contribution < -0.4 is 10.6 Å². The van der Waals surface area contributed by atoms with Crippen molar-refractivity contribution in [2.45, 2.75) is 12.5 Å². The summed E-state index contributed by atoms with van der Waals surface area (Å²) < 4.78 is 0. The average molecular weight is 330 g/mol. The fourth-order valence-corrected chi connectivity index (χ4v) is 2.94. The van der Waals surface area contributed by atoms with E-state index in [0.717, 1.165) is 4.90 Å². The molecule has 2 N–H and O–H groups in total. The summed E-state index contributed by atoms with van der Waals surface area (Å²) in [6, 6.07) is 8.34. The van der Waals surface area contributed by atoms with E-state index < -0.39 is 23.4 Å². The van der Waals surface area contributed by atoms with Gasteiger partial charge in [-0.15, -0.1) is 11.3 Å². The topological polar surface area (TPSA) is 91.4 Å². The average Bonchev–Trinajstić information content (AvgIpc) is 3.11. The molecule has 2 aromatic rings. The van der Waals surface area contributed by atoms with E-state index in [1.807, 2.05) is 6.07 Å². The first-order valence-corrected chi connectivity index (χ1v) is 7.77. The van der Waals surface area contributed by atoms with Gasteiger partial charge in [0.2, 0.25) is 5.91 Å². The lowest BCUT2D eigenvalue weighted by Gasteiger charge is -2.21. The van der Waals surface area contributed by atoms with Gasteiger partial charge in [0.1, 0.15) is 12.1 Å². The molecule has 118 valence electrons. The SMILES string of the molecule is CC1(c2ccccc2)NC(=O)N(CC(=O)Nc2nccs2)C1=O. The number of amides is 4. The van der Waals surface area contributed by atoms with Crippen LogP contribution in [0.15, 0.2) is 41.9 Å². The number of anilines is 1. The molecule has 8 heteroatoms. The number of urea groups is 1. The van der Waals surface area contributed by atoms with Gasteiger partial charge in [-0.3, -0.25) is 14.5 Å². The number of rotatable bonds is 4. The second-order valence-electron chi connectivity index (χ2n) is 5.20. The van der Waals surface area contributed by atoms with Crippen LogP contribution in [0.2, 0.25) is 0 Å². The highest BCUT2D eigenvalue weighted by Gasteiger charge is 2.49. The summed E-state index contributed by atoms with van der Waals surface area (Å²) in [6.45, 7) is 1.27. The van der Waals surface area contributed by atoms with Crippen LogP contribution in [-0.4, -0.2) is 34.3 Å². The number of thiazole rings is 1. The largest absolute Gasteiger partial charge is 0.325 e. The molecular formula is C15H14N4O3S. The molecule has 1 aromatic carbocycles. The van der Waals surface area contributed by atoms with E-state index in [0.29, 0.717) is 10.7 Å². The molecule has 4 amide bonds. The van der Waals surface area contributed by atoms with Crippen LogP contribution >= 0.6 is 11.3 Å². The molecule has 0 bridgehead atoms. The standard InChI is InChI=1S/C15H14N4O3S/c1-15(10-5-3-2-4-6-10)12(21)19(14(22)18-15)9-11(20)17-13-16-7-8-23-13/h2-8H,9H2,1H3,(H,18,22)(H,16,17,20). The minimum Gasteiger partial charge on any atom is -0.319 e. The molecule has 1 atom stereocenters. The Morgan fingerprint density at radius 3 is 2.74 bits per heavy atom. The van der Waals surface area contributed by atoms with Gasteiger partial charge < -0.3 is 10.6 Å². The van der Waals surface area contributed by atoms with Crippen molar-refractivity contribution >= 4 is 34.3 Å². The fourth-order valence-electron chi connectivity index (χ4n) is 2.40. The van der Waals surface area contributed by atoms with Gasteiger partial charge in [0.05, 0.1) is 0 Å². The van der Waals surface area contributed by atoms with Crippen molar-refractivity contribution in [3.8, 4) is 0 Å². The first kappa shape index (κ1) is 15.2. The second-order valence-corrected chi connectivity index (χ2v) is 6.09. The maximum atomic E-state index is 12.6. The summed E-state index contributed by atoms with van der Waals surface area (Å²) >= 11 is 1.26. The Labute approximate surface area is 136 Å². The van der Waals surface area contributed by atoms with Gasteiger partial charge in [-0.2, -0.15) is 0 Å². The van der Waals surface area contributed by atoms with Crippen LogP contribution in [0, 0.1) is 0 Å². The fraction of sp³-hybridized carbons (Fsp3) is 0.200. The molecule has 1 fully saturated rings. The summed E-state index contributed by atoms with van der Waals surface area (Å²) in [5.74, 6) is -0.927. The van der Waals surface area contributed by atoms with E-state index in [2.05, 4.69) is 15.6 Å². The summed E-state index contributed by atoms with van der Waals surface area (Å²) in [5, 5.41) is 7.35. The van der Waals surface area contributed by atoms with E-state index in [1.54, 1.807) is 42.8 Å². The van der Waals surface area contributed by atoms with Crippen molar-refractivity contribution in [2.24, 2.45) is 0 Å². The van der Waals surface area contributed by atoms with Crippen molar-refractivity contribution in [3.63, 3.8) is 0 Å². The molecule has 7 nitrogen and oxygen atoms in total. The lowest BCUT2D eigenvalue weighted by Crippen LogP contribution is -2.42. The Kier molecular flexibility index (Phi) is 3.83. The van der Waals surface area contributed by atoms with Crippen LogP contribution in [0.1, 0.15) is 12.5 Å². The molecule has 2 heterocycles. The molecule has 1 aromatic heterocycles. The first-order chi connectivity index (χ1) is 11.0. The Hall–Kier alpha value is -2.74. The van der Waals surface area contributed by atoms with Crippen molar-refractivity contribution < 1.29 is 14.4 Å². The number of carbonyl (C=O) groups excluding carboxylic acids is 3. The van der Waals surface area contributed by atoms with E-state index in [9.17, 15) is 14.4 Å². The number of carbonyl (C=O) groups is 3. The number of aromatic nitrogens is 1. The molecule has 0 saturated carbocycles. The molecule has 3 rings (SSSR count). The van der Waals surface area contributed by atoms with Gasteiger partial charge in [-0.25, -0.2) is 9.78 Å². The maximum absolute atomic E-state index is 12.6. The van der Waals surface area contributed by atoms with Crippen molar-refractivity contribution in [1.29, 1.82) is 0 Å². The number of hydrogen-bond donors (Lipinski definition) is 2. The Morgan fingerprint density at radius 1 is 1.35 bits per heavy atom. The van der Waals surface area contributed by atoms with E-state index in [-0.39, 0.29) is 6.54 Å². The minimum atomic E-state index is -1.17. The third-order valence-electron chi connectivity index (χ3n) is 3.61. The second kappa shape index (κ2) is 5.81. The van der Waals surface area contributed by atoms with Crippen LogP contribution in [0.4, 0.5) is 9.93 Å². The Bertz CT molecular complexity index is 747. The van der Waals surface area contributed by atoms with E-state index in [4.69, 9.17) is 0 Å². The predicted molar refractivity (Wildman–Crippen MR) is 84.8 cm³/mol. The number of imide groups is 1. The molecule has 0 radical (unpaired) electrons. The highest BCUT2D eigenvalue weighted by Crippen LogP contribution is 2.28. The molecule has 0 aliphatic carbocycles. The lowest BCUT2D eigenvalue weighted by atomic mass is 9.92. The zero-order valence-electron chi connectivity index (χ0n) is 12.3. The lowest BCUT2D eigenvalue weighted by molar-refractivity contribution is -0.133. The highest BCUT2D eigenvalue weighted by atomic mass is 32.1. The molecule has 1 unspecified atom stereocenters. The molecular weight excluding hydrogens is 316 g/mol. The minimum absolute atomic E-state index is 0.354. The van der Waals surface area contributed by atoms with Crippen LogP contribution in [0.3, 0.4) is 0 Å². The number of hydrogen-bond acceptors (Lipinski definition) is 5. The highest BCUT2D eigenvalue weighted by molar-refractivity contribution is 7.13. The van der Waals surface area contributed by atoms with Crippen molar-refractivity contribution in [2.75, 3.05) is 11.9 Å². The maximum Gasteiger partial charge on any atom is 0.325 e. The number of benzene rings is 1. The quantitative estimate of drug-likeness (QED) is 0.832. The zero-order chi connectivity index (χ0) is 16.4. The molecule has 1 saturated heterocycles. The van der Waals surface area contributed by atoms with Gasteiger partial charge in [0.25, 0.3) is 5.91 Å². The van der Waals surface area contributed by atoms with Crippen LogP contribution in [-0.2, 0) is 15.1 Å². The smallest absolute Gasteiger partial charge is 0.319 e. The number of nitrogens with zero attached hydrogens (tertiary/aromatic N) is 2. The van der Waals surface area contributed by atoms with Crippen LogP contribution in [0.5, 0.6) is 0 Å². The predicted octanol–water partition coefficient (Wildman–Crippen LogP) is 1.55.